The summed E-state index contributed by atoms with van der Waals surface area (Å²) in [6, 6.07) is 15.4. The van der Waals surface area contributed by atoms with Crippen molar-refractivity contribution < 1.29 is 4.79 Å². The van der Waals surface area contributed by atoms with Crippen molar-refractivity contribution in [3.05, 3.63) is 70.1 Å². The fraction of sp³-hybridized carbons (Fsp3) is 0.368. The highest BCUT2D eigenvalue weighted by atomic mass is 16.2. The van der Waals surface area contributed by atoms with E-state index in [9.17, 15) is 9.59 Å². The number of carbonyl (C=O) groups excluding carboxylic acids is 1. The van der Waals surface area contributed by atoms with Crippen LogP contribution in [-0.2, 0) is 13.6 Å². The first kappa shape index (κ1) is 16.5. The Morgan fingerprint density at radius 3 is 2.50 bits per heavy atom. The van der Waals surface area contributed by atoms with Crippen LogP contribution in [0.2, 0.25) is 0 Å². The van der Waals surface area contributed by atoms with Gasteiger partial charge in [-0.3, -0.25) is 14.5 Å². The average molecular weight is 325 g/mol. The van der Waals surface area contributed by atoms with Gasteiger partial charge in [0.25, 0.3) is 11.5 Å². The normalized spacial score (nSPS) is 16.0. The number of aromatic nitrogens is 1. The summed E-state index contributed by atoms with van der Waals surface area (Å²) in [5.74, 6) is -0.170. The monoisotopic (exact) mass is 325 g/mol. The van der Waals surface area contributed by atoms with Crippen molar-refractivity contribution >= 4 is 5.91 Å². The number of likely N-dealkylation sites (tertiary alicyclic amines) is 1. The summed E-state index contributed by atoms with van der Waals surface area (Å²) in [4.78, 5) is 26.4. The molecule has 1 aliphatic heterocycles. The van der Waals surface area contributed by atoms with Crippen LogP contribution < -0.4 is 10.9 Å². The first-order valence-corrected chi connectivity index (χ1v) is 8.36. The standard InChI is InChI=1S/C19H23N3O2/c1-21-17(8-5-9-18(21)23)19(24)20-16-10-12-22(13-11-16)14-15-6-3-2-4-7-15/h2-9,16H,10-14H2,1H3,(H,20,24). The molecule has 0 saturated carbocycles. The lowest BCUT2D eigenvalue weighted by Crippen LogP contribution is -2.45. The highest BCUT2D eigenvalue weighted by molar-refractivity contribution is 5.92. The number of nitrogens with one attached hydrogen (secondary N) is 1. The van der Waals surface area contributed by atoms with E-state index in [1.165, 1.54) is 16.2 Å². The summed E-state index contributed by atoms with van der Waals surface area (Å²) in [6.45, 7) is 2.88. The first-order chi connectivity index (χ1) is 11.6. The van der Waals surface area contributed by atoms with Crippen molar-refractivity contribution in [2.24, 2.45) is 7.05 Å². The highest BCUT2D eigenvalue weighted by Gasteiger charge is 2.22. The average Bonchev–Trinajstić information content (AvgIpc) is 2.60. The van der Waals surface area contributed by atoms with Crippen LogP contribution in [0.3, 0.4) is 0 Å². The van der Waals surface area contributed by atoms with Crippen LogP contribution in [0.5, 0.6) is 0 Å². The number of benzene rings is 1. The van der Waals surface area contributed by atoms with E-state index in [0.29, 0.717) is 5.69 Å². The van der Waals surface area contributed by atoms with Crippen molar-refractivity contribution in [2.75, 3.05) is 13.1 Å². The zero-order chi connectivity index (χ0) is 16.9. The second-order valence-electron chi connectivity index (χ2n) is 6.32. The van der Waals surface area contributed by atoms with Crippen LogP contribution in [-0.4, -0.2) is 34.5 Å². The highest BCUT2D eigenvalue weighted by Crippen LogP contribution is 2.14. The van der Waals surface area contributed by atoms with E-state index in [2.05, 4.69) is 34.5 Å². The van der Waals surface area contributed by atoms with Crippen molar-refractivity contribution in [3.63, 3.8) is 0 Å². The molecule has 0 unspecified atom stereocenters. The van der Waals surface area contributed by atoms with E-state index in [1.54, 1.807) is 19.2 Å². The Hall–Kier alpha value is -2.40. The zero-order valence-corrected chi connectivity index (χ0v) is 13.9. The maximum absolute atomic E-state index is 12.4. The molecule has 5 heteroatoms. The molecule has 1 aromatic carbocycles. The zero-order valence-electron chi connectivity index (χ0n) is 13.9. The van der Waals surface area contributed by atoms with Gasteiger partial charge in [0.1, 0.15) is 5.69 Å². The molecular weight excluding hydrogens is 302 g/mol. The van der Waals surface area contributed by atoms with Gasteiger partial charge in [0.15, 0.2) is 0 Å². The largest absolute Gasteiger partial charge is 0.348 e. The maximum atomic E-state index is 12.4. The van der Waals surface area contributed by atoms with Crippen molar-refractivity contribution in [1.82, 2.24) is 14.8 Å². The second kappa shape index (κ2) is 7.45. The molecule has 1 N–H and O–H groups in total. The molecule has 1 amide bonds. The third kappa shape index (κ3) is 3.92. The van der Waals surface area contributed by atoms with E-state index in [1.807, 2.05) is 6.07 Å². The molecule has 5 nitrogen and oxygen atoms in total. The van der Waals surface area contributed by atoms with E-state index in [0.717, 1.165) is 32.5 Å². The molecule has 2 heterocycles. The summed E-state index contributed by atoms with van der Waals surface area (Å²) in [5, 5.41) is 3.06. The molecule has 2 aromatic rings. The number of pyridine rings is 1. The number of hydrogen-bond acceptors (Lipinski definition) is 3. The van der Waals surface area contributed by atoms with Gasteiger partial charge >= 0.3 is 0 Å². The maximum Gasteiger partial charge on any atom is 0.268 e. The van der Waals surface area contributed by atoms with Crippen molar-refractivity contribution in [1.29, 1.82) is 0 Å². The molecule has 0 aliphatic carbocycles. The summed E-state index contributed by atoms with van der Waals surface area (Å²) in [6.07, 6.45) is 1.86. The Morgan fingerprint density at radius 1 is 1.08 bits per heavy atom. The van der Waals surface area contributed by atoms with Crippen LogP contribution in [0.1, 0.15) is 28.9 Å². The van der Waals surface area contributed by atoms with Crippen LogP contribution >= 0.6 is 0 Å². The number of piperidine rings is 1. The molecule has 0 radical (unpaired) electrons. The predicted octanol–water partition coefficient (Wildman–Crippen LogP) is 1.78. The molecule has 0 atom stereocenters. The lowest BCUT2D eigenvalue weighted by atomic mass is 10.0. The number of carbonyl (C=O) groups is 1. The topological polar surface area (TPSA) is 54.3 Å². The summed E-state index contributed by atoms with van der Waals surface area (Å²) in [5.41, 5.74) is 1.56. The molecule has 1 fully saturated rings. The molecule has 1 saturated heterocycles. The third-order valence-electron chi connectivity index (χ3n) is 4.59. The molecular formula is C19H23N3O2. The van der Waals surface area contributed by atoms with Crippen LogP contribution in [0.25, 0.3) is 0 Å². The van der Waals surface area contributed by atoms with E-state index < -0.39 is 0 Å². The van der Waals surface area contributed by atoms with Gasteiger partial charge in [-0.25, -0.2) is 0 Å². The smallest absolute Gasteiger partial charge is 0.268 e. The van der Waals surface area contributed by atoms with Gasteiger partial charge in [-0.05, 0) is 24.5 Å². The van der Waals surface area contributed by atoms with E-state index in [4.69, 9.17) is 0 Å². The van der Waals surface area contributed by atoms with Crippen molar-refractivity contribution in [3.8, 4) is 0 Å². The molecule has 126 valence electrons. The van der Waals surface area contributed by atoms with Gasteiger partial charge in [0.05, 0.1) is 0 Å². The fourth-order valence-corrected chi connectivity index (χ4v) is 3.13. The molecule has 0 spiro atoms. The molecule has 24 heavy (non-hydrogen) atoms. The summed E-state index contributed by atoms with van der Waals surface area (Å²) >= 11 is 0. The molecule has 1 aliphatic rings. The minimum absolute atomic E-state index is 0.166. The Labute approximate surface area is 141 Å². The number of nitrogens with zero attached hydrogens (tertiary/aromatic N) is 2. The Kier molecular flexibility index (Phi) is 5.11. The quantitative estimate of drug-likeness (QED) is 0.932. The lowest BCUT2D eigenvalue weighted by Gasteiger charge is -2.32. The van der Waals surface area contributed by atoms with Crippen LogP contribution in [0, 0.1) is 0 Å². The second-order valence-corrected chi connectivity index (χ2v) is 6.32. The van der Waals surface area contributed by atoms with Gasteiger partial charge in [-0.15, -0.1) is 0 Å². The van der Waals surface area contributed by atoms with Crippen LogP contribution in [0.15, 0.2) is 53.3 Å². The van der Waals surface area contributed by atoms with Gasteiger partial charge in [0, 0.05) is 38.8 Å². The molecule has 1 aromatic heterocycles. The third-order valence-corrected chi connectivity index (χ3v) is 4.59. The van der Waals surface area contributed by atoms with Crippen molar-refractivity contribution in [2.45, 2.75) is 25.4 Å². The minimum Gasteiger partial charge on any atom is -0.348 e. The van der Waals surface area contributed by atoms with E-state index in [-0.39, 0.29) is 17.5 Å². The Bertz CT molecular complexity index is 747. The summed E-state index contributed by atoms with van der Waals surface area (Å²) in [7, 11) is 1.62. The number of rotatable bonds is 4. The number of amides is 1. The number of hydrogen-bond donors (Lipinski definition) is 1. The molecule has 0 bridgehead atoms. The van der Waals surface area contributed by atoms with Gasteiger partial charge in [0.2, 0.25) is 0 Å². The lowest BCUT2D eigenvalue weighted by molar-refractivity contribution is 0.0899. The van der Waals surface area contributed by atoms with Gasteiger partial charge in [-0.2, -0.15) is 0 Å². The summed E-state index contributed by atoms with van der Waals surface area (Å²) < 4.78 is 1.39. The Balaban J connectivity index is 1.53. The van der Waals surface area contributed by atoms with Crippen LogP contribution in [0.4, 0.5) is 0 Å². The minimum atomic E-state index is -0.170. The first-order valence-electron chi connectivity index (χ1n) is 8.36. The van der Waals surface area contributed by atoms with Gasteiger partial charge in [-0.1, -0.05) is 36.4 Å². The van der Waals surface area contributed by atoms with Gasteiger partial charge < -0.3 is 9.88 Å². The van der Waals surface area contributed by atoms with E-state index >= 15 is 0 Å². The predicted molar refractivity (Wildman–Crippen MR) is 93.9 cm³/mol. The molecule has 3 rings (SSSR count). The Morgan fingerprint density at radius 2 is 1.79 bits per heavy atom. The fourth-order valence-electron chi connectivity index (χ4n) is 3.13. The SMILES string of the molecule is Cn1c(C(=O)NC2CCN(Cc3ccccc3)CC2)cccc1=O.